The normalized spacial score (nSPS) is 15.8. The minimum absolute atomic E-state index is 0.0906. The second kappa shape index (κ2) is 10.1. The molecule has 3 heterocycles. The number of pyridine rings is 1. The molecule has 0 spiro atoms. The zero-order chi connectivity index (χ0) is 23.4. The Hall–Kier alpha value is -3.37. The Morgan fingerprint density at radius 3 is 3.06 bits per heavy atom. The van der Waals surface area contributed by atoms with Crippen LogP contribution in [0.25, 0.3) is 10.6 Å². The lowest BCUT2D eigenvalue weighted by Gasteiger charge is -2.33. The Kier molecular flexibility index (Phi) is 6.95. The maximum absolute atomic E-state index is 14.5. The molecular weight excluding hydrogens is 443 g/mol. The fourth-order valence-electron chi connectivity index (χ4n) is 3.81. The van der Waals surface area contributed by atoms with Crippen LogP contribution >= 0.6 is 11.3 Å². The summed E-state index contributed by atoms with van der Waals surface area (Å²) < 4.78 is 14.5. The number of anilines is 3. The van der Waals surface area contributed by atoms with Gasteiger partial charge in [0, 0.05) is 49.0 Å². The van der Waals surface area contributed by atoms with Gasteiger partial charge in [-0.15, -0.1) is 11.3 Å². The molecule has 0 radical (unpaired) electrons. The van der Waals surface area contributed by atoms with E-state index in [4.69, 9.17) is 5.73 Å². The fourth-order valence-corrected chi connectivity index (χ4v) is 4.63. The van der Waals surface area contributed by atoms with Crippen molar-refractivity contribution in [2.45, 2.75) is 18.9 Å². The van der Waals surface area contributed by atoms with Gasteiger partial charge in [-0.05, 0) is 37.1 Å². The summed E-state index contributed by atoms with van der Waals surface area (Å²) in [6.07, 6.45) is 6.03. The summed E-state index contributed by atoms with van der Waals surface area (Å²) in [5, 5.41) is 4.86. The summed E-state index contributed by atoms with van der Waals surface area (Å²) in [4.78, 5) is 36.1. The van der Waals surface area contributed by atoms with Gasteiger partial charge in [0.1, 0.15) is 22.8 Å². The number of likely N-dealkylation sites (N-methyl/N-ethyl adjacent to an activating group) is 1. The number of nitrogens with zero attached hydrogens (tertiary/aromatic N) is 4. The van der Waals surface area contributed by atoms with E-state index in [9.17, 15) is 14.0 Å². The monoisotopic (exact) mass is 468 g/mol. The molecule has 8 nitrogen and oxygen atoms in total. The predicted molar refractivity (Wildman–Crippen MR) is 128 cm³/mol. The average Bonchev–Trinajstić information content (AvgIpc) is 3.30. The molecule has 0 aliphatic carbocycles. The first-order valence-electron chi connectivity index (χ1n) is 10.6. The molecule has 10 heteroatoms. The van der Waals surface area contributed by atoms with Crippen molar-refractivity contribution in [2.24, 2.45) is 5.73 Å². The lowest BCUT2D eigenvalue weighted by atomic mass is 10.1. The first-order valence-corrected chi connectivity index (χ1v) is 11.5. The van der Waals surface area contributed by atoms with Crippen molar-refractivity contribution >= 4 is 40.6 Å². The van der Waals surface area contributed by atoms with Crippen LogP contribution in [0.1, 0.15) is 23.3 Å². The van der Waals surface area contributed by atoms with Crippen LogP contribution in [0.15, 0.2) is 42.0 Å². The van der Waals surface area contributed by atoms with Crippen molar-refractivity contribution in [1.82, 2.24) is 9.97 Å². The van der Waals surface area contributed by atoms with Crippen molar-refractivity contribution in [3.05, 3.63) is 53.6 Å². The Morgan fingerprint density at radius 2 is 2.27 bits per heavy atom. The van der Waals surface area contributed by atoms with Crippen LogP contribution in [-0.2, 0) is 4.79 Å². The molecule has 0 unspecified atom stereocenters. The van der Waals surface area contributed by atoms with E-state index < -0.39 is 11.7 Å². The van der Waals surface area contributed by atoms with E-state index in [1.54, 1.807) is 41.9 Å². The highest BCUT2D eigenvalue weighted by molar-refractivity contribution is 7.13. The number of rotatable bonds is 7. The molecule has 1 aromatic carbocycles. The molecule has 1 saturated heterocycles. The third-order valence-electron chi connectivity index (χ3n) is 5.55. The Balaban J connectivity index is 1.54. The molecule has 3 N–H and O–H groups in total. The second-order valence-electron chi connectivity index (χ2n) is 7.94. The molecule has 1 atom stereocenters. The molecule has 1 aliphatic rings. The summed E-state index contributed by atoms with van der Waals surface area (Å²) in [5.74, 6) is -0.849. The second-order valence-corrected chi connectivity index (χ2v) is 8.80. The van der Waals surface area contributed by atoms with Crippen LogP contribution in [0.3, 0.4) is 0 Å². The molecule has 0 saturated carbocycles. The number of carbonyl (C=O) groups is 2. The van der Waals surface area contributed by atoms with E-state index in [1.165, 1.54) is 17.4 Å². The summed E-state index contributed by atoms with van der Waals surface area (Å²) >= 11 is 1.18. The molecule has 0 bridgehead atoms. The van der Waals surface area contributed by atoms with E-state index >= 15 is 0 Å². The number of benzene rings is 1. The summed E-state index contributed by atoms with van der Waals surface area (Å²) in [6, 6.07) is 6.50. The molecule has 172 valence electrons. The predicted octanol–water partition coefficient (Wildman–Crippen LogP) is 3.16. The van der Waals surface area contributed by atoms with Crippen molar-refractivity contribution in [3.63, 3.8) is 0 Å². The number of aromatic nitrogens is 2. The zero-order valence-corrected chi connectivity index (χ0v) is 19.0. The smallest absolute Gasteiger partial charge is 0.275 e. The fraction of sp³-hybridized carbons (Fsp3) is 0.304. The molecule has 1 aliphatic heterocycles. The van der Waals surface area contributed by atoms with Crippen LogP contribution in [0.4, 0.5) is 21.5 Å². The van der Waals surface area contributed by atoms with Crippen LogP contribution in [0.2, 0.25) is 0 Å². The minimum atomic E-state index is -0.449. The topological polar surface area (TPSA) is 104 Å². The summed E-state index contributed by atoms with van der Waals surface area (Å²) in [5.41, 5.74) is 8.70. The molecule has 1 fully saturated rings. The van der Waals surface area contributed by atoms with Gasteiger partial charge in [-0.25, -0.2) is 9.37 Å². The third-order valence-corrected chi connectivity index (χ3v) is 6.43. The Labute approximate surface area is 195 Å². The number of aldehydes is 1. The largest absolute Gasteiger partial charge is 0.368 e. The first kappa shape index (κ1) is 22.8. The standard InChI is InChI=1S/C23H25FN6O2S/c1-29(9-10-31)16-4-5-18(24)17(11-16)23-28-20(14-33-23)22(32)27-19-12-26-7-6-21(19)30-8-2-3-15(25)13-30/h4-7,10-12,14-15H,2-3,8-9,13,25H2,1H3,(H,27,32)/t15-/m0/s1. The summed E-state index contributed by atoms with van der Waals surface area (Å²) in [7, 11) is 1.74. The highest BCUT2D eigenvalue weighted by Crippen LogP contribution is 2.31. The van der Waals surface area contributed by atoms with Crippen LogP contribution in [-0.4, -0.2) is 54.9 Å². The third kappa shape index (κ3) is 5.18. The number of nitrogens with one attached hydrogen (secondary N) is 1. The van der Waals surface area contributed by atoms with Crippen molar-refractivity contribution in [3.8, 4) is 10.6 Å². The van der Waals surface area contributed by atoms with E-state index in [2.05, 4.69) is 20.2 Å². The SMILES string of the molecule is CN(CC=O)c1ccc(F)c(-c2nc(C(=O)Nc3cnccc3N3CCC[C@H](N)C3)cs2)c1. The molecular formula is C23H25FN6O2S. The van der Waals surface area contributed by atoms with E-state index in [0.717, 1.165) is 31.4 Å². The number of nitrogens with two attached hydrogens (primary N) is 1. The number of thiazole rings is 1. The van der Waals surface area contributed by atoms with Gasteiger partial charge in [0.25, 0.3) is 5.91 Å². The first-order chi connectivity index (χ1) is 16.0. The molecule has 3 aromatic rings. The van der Waals surface area contributed by atoms with Crippen LogP contribution in [0, 0.1) is 5.82 Å². The van der Waals surface area contributed by atoms with Gasteiger partial charge >= 0.3 is 0 Å². The van der Waals surface area contributed by atoms with E-state index in [0.29, 0.717) is 22.9 Å². The molecule has 2 aromatic heterocycles. The quantitative estimate of drug-likeness (QED) is 0.513. The van der Waals surface area contributed by atoms with Gasteiger partial charge in [-0.3, -0.25) is 9.78 Å². The number of halogens is 1. The maximum Gasteiger partial charge on any atom is 0.275 e. The van der Waals surface area contributed by atoms with Gasteiger partial charge in [-0.2, -0.15) is 0 Å². The van der Waals surface area contributed by atoms with Gasteiger partial charge in [-0.1, -0.05) is 0 Å². The van der Waals surface area contributed by atoms with Gasteiger partial charge < -0.3 is 25.6 Å². The lowest BCUT2D eigenvalue weighted by molar-refractivity contribution is -0.106. The maximum atomic E-state index is 14.5. The molecule has 33 heavy (non-hydrogen) atoms. The van der Waals surface area contributed by atoms with Crippen molar-refractivity contribution in [1.29, 1.82) is 0 Å². The lowest BCUT2D eigenvalue weighted by Crippen LogP contribution is -2.43. The van der Waals surface area contributed by atoms with Gasteiger partial charge in [0.15, 0.2) is 0 Å². The molecule has 4 rings (SSSR count). The van der Waals surface area contributed by atoms with Crippen LogP contribution < -0.4 is 20.9 Å². The zero-order valence-electron chi connectivity index (χ0n) is 18.2. The van der Waals surface area contributed by atoms with E-state index in [-0.39, 0.29) is 23.8 Å². The highest BCUT2D eigenvalue weighted by atomic mass is 32.1. The average molecular weight is 469 g/mol. The Bertz CT molecular complexity index is 1150. The van der Waals surface area contributed by atoms with Gasteiger partial charge in [0.05, 0.1) is 24.1 Å². The van der Waals surface area contributed by atoms with Crippen molar-refractivity contribution < 1.29 is 14.0 Å². The summed E-state index contributed by atoms with van der Waals surface area (Å²) in [6.45, 7) is 1.75. The number of carbonyl (C=O) groups excluding carboxylic acids is 2. The van der Waals surface area contributed by atoms with E-state index in [1.807, 2.05) is 6.07 Å². The number of amides is 1. The highest BCUT2D eigenvalue weighted by Gasteiger charge is 2.21. The minimum Gasteiger partial charge on any atom is -0.368 e. The number of hydrogen-bond donors (Lipinski definition) is 2. The Morgan fingerprint density at radius 1 is 1.42 bits per heavy atom. The van der Waals surface area contributed by atoms with Crippen molar-refractivity contribution in [2.75, 3.05) is 41.8 Å². The van der Waals surface area contributed by atoms with Gasteiger partial charge in [0.2, 0.25) is 0 Å². The number of hydrogen-bond acceptors (Lipinski definition) is 8. The number of piperidine rings is 1. The molecule has 1 amide bonds. The van der Waals surface area contributed by atoms with Crippen LogP contribution in [0.5, 0.6) is 0 Å².